The van der Waals surface area contributed by atoms with Crippen molar-refractivity contribution in [3.05, 3.63) is 35.6 Å². The van der Waals surface area contributed by atoms with Crippen LogP contribution in [-0.2, 0) is 0 Å². The third-order valence-corrected chi connectivity index (χ3v) is 4.66. The fourth-order valence-electron chi connectivity index (χ4n) is 3.30. The van der Waals surface area contributed by atoms with Crippen molar-refractivity contribution in [2.24, 2.45) is 0 Å². The van der Waals surface area contributed by atoms with Gasteiger partial charge in [-0.2, -0.15) is 0 Å². The van der Waals surface area contributed by atoms with E-state index in [9.17, 15) is 9.90 Å². The van der Waals surface area contributed by atoms with E-state index in [1.54, 1.807) is 26.2 Å². The number of carbonyl (C=O) groups excluding carboxylic acids is 1. The average Bonchev–Trinajstić information content (AvgIpc) is 3.08. The van der Waals surface area contributed by atoms with Crippen molar-refractivity contribution in [2.75, 3.05) is 7.11 Å². The predicted octanol–water partition coefficient (Wildman–Crippen LogP) is 3.47. The smallest absolute Gasteiger partial charge is 0.290 e. The van der Waals surface area contributed by atoms with Crippen molar-refractivity contribution in [1.29, 1.82) is 0 Å². The van der Waals surface area contributed by atoms with E-state index in [0.29, 0.717) is 11.3 Å². The van der Waals surface area contributed by atoms with Crippen LogP contribution in [0, 0.1) is 0 Å². The molecule has 2 N–H and O–H groups in total. The Morgan fingerprint density at radius 3 is 2.56 bits per heavy atom. The number of aromatic nitrogens is 1. The first-order valence-corrected chi connectivity index (χ1v) is 8.73. The molecule has 1 aliphatic carbocycles. The molecular formula is C19H24N2O4. The summed E-state index contributed by atoms with van der Waals surface area (Å²) in [4.78, 5) is 12.6. The molecule has 0 spiro atoms. The number of methoxy groups -OCH3 is 1. The van der Waals surface area contributed by atoms with E-state index in [4.69, 9.17) is 9.26 Å². The van der Waals surface area contributed by atoms with Gasteiger partial charge in [-0.3, -0.25) is 4.79 Å². The number of nitrogens with zero attached hydrogens (tertiary/aromatic N) is 1. The van der Waals surface area contributed by atoms with E-state index < -0.39 is 6.10 Å². The largest absolute Gasteiger partial charge is 0.497 e. The van der Waals surface area contributed by atoms with Crippen LogP contribution < -0.4 is 10.1 Å². The summed E-state index contributed by atoms with van der Waals surface area (Å²) < 4.78 is 10.5. The van der Waals surface area contributed by atoms with Gasteiger partial charge in [0.05, 0.1) is 18.8 Å². The topological polar surface area (TPSA) is 84.6 Å². The normalized spacial score (nSPS) is 16.4. The highest BCUT2D eigenvalue weighted by atomic mass is 16.5. The van der Waals surface area contributed by atoms with Crippen LogP contribution in [0.2, 0.25) is 0 Å². The van der Waals surface area contributed by atoms with Gasteiger partial charge in [0, 0.05) is 11.6 Å². The molecule has 0 saturated heterocycles. The fraction of sp³-hybridized carbons (Fsp3) is 0.474. The molecule has 1 saturated carbocycles. The lowest BCUT2D eigenvalue weighted by Crippen LogP contribution is -2.36. The van der Waals surface area contributed by atoms with Gasteiger partial charge in [-0.05, 0) is 44.0 Å². The highest BCUT2D eigenvalue weighted by molar-refractivity contribution is 5.94. The van der Waals surface area contributed by atoms with Crippen LogP contribution in [-0.4, -0.2) is 29.3 Å². The highest BCUT2D eigenvalue weighted by Gasteiger charge is 2.28. The van der Waals surface area contributed by atoms with Gasteiger partial charge >= 0.3 is 0 Å². The van der Waals surface area contributed by atoms with Gasteiger partial charge in [-0.15, -0.1) is 0 Å². The standard InChI is InChI=1S/C19H24N2O4/c1-12(22)16-17(13-8-10-15(24-2)11-9-13)21-25-18(16)19(23)20-14-6-4-3-5-7-14/h8-12,14,22H,3-7H2,1-2H3,(H,20,23)/t12-/m0/s1. The van der Waals surface area contributed by atoms with Crippen LogP contribution in [0.25, 0.3) is 11.3 Å². The number of carbonyl (C=O) groups is 1. The van der Waals surface area contributed by atoms with E-state index in [1.807, 2.05) is 12.1 Å². The van der Waals surface area contributed by atoms with E-state index in [-0.39, 0.29) is 17.7 Å². The van der Waals surface area contributed by atoms with Crippen LogP contribution in [0.5, 0.6) is 5.75 Å². The van der Waals surface area contributed by atoms with E-state index in [2.05, 4.69) is 10.5 Å². The number of hydrogen-bond donors (Lipinski definition) is 2. The number of nitrogens with one attached hydrogen (secondary N) is 1. The Balaban J connectivity index is 1.87. The molecule has 1 aliphatic rings. The van der Waals surface area contributed by atoms with Crippen LogP contribution in [0.15, 0.2) is 28.8 Å². The van der Waals surface area contributed by atoms with Gasteiger partial charge in [-0.1, -0.05) is 24.4 Å². The second kappa shape index (κ2) is 7.70. The Labute approximate surface area is 147 Å². The first-order valence-electron chi connectivity index (χ1n) is 8.73. The van der Waals surface area contributed by atoms with E-state index in [0.717, 1.165) is 37.0 Å². The third kappa shape index (κ3) is 3.85. The predicted molar refractivity (Wildman–Crippen MR) is 93.5 cm³/mol. The zero-order valence-electron chi connectivity index (χ0n) is 14.6. The maximum Gasteiger partial charge on any atom is 0.290 e. The van der Waals surface area contributed by atoms with Gasteiger partial charge in [0.15, 0.2) is 0 Å². The van der Waals surface area contributed by atoms with Gasteiger partial charge in [0.2, 0.25) is 5.76 Å². The molecule has 1 aromatic heterocycles. The zero-order valence-corrected chi connectivity index (χ0v) is 14.6. The van der Waals surface area contributed by atoms with Crippen molar-refractivity contribution in [2.45, 2.75) is 51.2 Å². The Morgan fingerprint density at radius 1 is 1.28 bits per heavy atom. The molecule has 1 aromatic carbocycles. The second-order valence-electron chi connectivity index (χ2n) is 6.49. The molecule has 6 nitrogen and oxygen atoms in total. The van der Waals surface area contributed by atoms with Crippen molar-refractivity contribution in [1.82, 2.24) is 10.5 Å². The van der Waals surface area contributed by atoms with Crippen molar-refractivity contribution >= 4 is 5.91 Å². The lowest BCUT2D eigenvalue weighted by atomic mass is 9.95. The minimum atomic E-state index is -0.865. The number of aliphatic hydroxyl groups excluding tert-OH is 1. The fourth-order valence-corrected chi connectivity index (χ4v) is 3.30. The summed E-state index contributed by atoms with van der Waals surface area (Å²) >= 11 is 0. The van der Waals surface area contributed by atoms with E-state index >= 15 is 0 Å². The molecular weight excluding hydrogens is 320 g/mol. The molecule has 2 aromatic rings. The maximum absolute atomic E-state index is 12.6. The summed E-state index contributed by atoms with van der Waals surface area (Å²) in [6, 6.07) is 7.42. The Kier molecular flexibility index (Phi) is 5.38. The minimum Gasteiger partial charge on any atom is -0.497 e. The first-order chi connectivity index (χ1) is 12.1. The molecule has 6 heteroatoms. The number of aliphatic hydroxyl groups is 1. The lowest BCUT2D eigenvalue weighted by Gasteiger charge is -2.22. The summed E-state index contributed by atoms with van der Waals surface area (Å²) in [7, 11) is 1.60. The number of ether oxygens (including phenoxy) is 1. The Morgan fingerprint density at radius 2 is 1.96 bits per heavy atom. The summed E-state index contributed by atoms with van der Waals surface area (Å²) in [5.74, 6) is 0.502. The molecule has 134 valence electrons. The SMILES string of the molecule is COc1ccc(-c2noc(C(=O)NC3CCCCC3)c2[C@H](C)O)cc1. The van der Waals surface area contributed by atoms with E-state index in [1.165, 1.54) is 6.42 Å². The highest BCUT2D eigenvalue weighted by Crippen LogP contribution is 2.31. The summed E-state index contributed by atoms with van der Waals surface area (Å²) in [5, 5.41) is 17.2. The van der Waals surface area contributed by atoms with Crippen LogP contribution in [0.1, 0.15) is 61.3 Å². The Hall–Kier alpha value is -2.34. The monoisotopic (exact) mass is 344 g/mol. The molecule has 0 radical (unpaired) electrons. The molecule has 1 fully saturated rings. The molecule has 1 amide bonds. The number of hydrogen-bond acceptors (Lipinski definition) is 5. The van der Waals surface area contributed by atoms with Gasteiger partial charge in [0.1, 0.15) is 11.4 Å². The summed E-state index contributed by atoms with van der Waals surface area (Å²) in [6.45, 7) is 1.61. The van der Waals surface area contributed by atoms with Crippen molar-refractivity contribution in [3.63, 3.8) is 0 Å². The molecule has 3 rings (SSSR count). The van der Waals surface area contributed by atoms with Gasteiger partial charge < -0.3 is 19.7 Å². The van der Waals surface area contributed by atoms with Crippen LogP contribution in [0.3, 0.4) is 0 Å². The molecule has 0 unspecified atom stereocenters. The number of benzene rings is 1. The minimum absolute atomic E-state index is 0.0893. The van der Waals surface area contributed by atoms with Crippen LogP contribution >= 0.6 is 0 Å². The van der Waals surface area contributed by atoms with Gasteiger partial charge in [0.25, 0.3) is 5.91 Å². The van der Waals surface area contributed by atoms with Crippen LogP contribution in [0.4, 0.5) is 0 Å². The lowest BCUT2D eigenvalue weighted by molar-refractivity contribution is 0.0881. The summed E-state index contributed by atoms with van der Waals surface area (Å²) in [5.41, 5.74) is 1.65. The number of rotatable bonds is 5. The quantitative estimate of drug-likeness (QED) is 0.867. The van der Waals surface area contributed by atoms with Crippen molar-refractivity contribution in [3.8, 4) is 17.0 Å². The van der Waals surface area contributed by atoms with Crippen molar-refractivity contribution < 1.29 is 19.2 Å². The summed E-state index contributed by atoms with van der Waals surface area (Å²) in [6.07, 6.45) is 4.57. The maximum atomic E-state index is 12.6. The molecule has 0 bridgehead atoms. The van der Waals surface area contributed by atoms with Gasteiger partial charge in [-0.25, -0.2) is 0 Å². The molecule has 25 heavy (non-hydrogen) atoms. The molecule has 1 atom stereocenters. The zero-order chi connectivity index (χ0) is 17.8. The Bertz CT molecular complexity index is 716. The second-order valence-corrected chi connectivity index (χ2v) is 6.49. The molecule has 1 heterocycles. The number of amides is 1. The average molecular weight is 344 g/mol. The first kappa shape index (κ1) is 17.5. The third-order valence-electron chi connectivity index (χ3n) is 4.66. The molecule has 0 aliphatic heterocycles.